The summed E-state index contributed by atoms with van der Waals surface area (Å²) in [5, 5.41) is 8.19. The zero-order valence-corrected chi connectivity index (χ0v) is 18.4. The maximum Gasteiger partial charge on any atom is 0.260 e. The van der Waals surface area contributed by atoms with Gasteiger partial charge in [-0.3, -0.25) is 9.59 Å². The van der Waals surface area contributed by atoms with Crippen LogP contribution in [0, 0.1) is 18.8 Å². The first-order chi connectivity index (χ1) is 16.1. The predicted molar refractivity (Wildman–Crippen MR) is 125 cm³/mol. The van der Waals surface area contributed by atoms with E-state index in [1.54, 1.807) is 0 Å². The van der Waals surface area contributed by atoms with Gasteiger partial charge in [0.05, 0.1) is 23.9 Å². The van der Waals surface area contributed by atoms with Crippen LogP contribution < -0.4 is 10.2 Å². The van der Waals surface area contributed by atoms with Crippen molar-refractivity contribution in [3.8, 4) is 0 Å². The van der Waals surface area contributed by atoms with Crippen LogP contribution in [0.1, 0.15) is 48.0 Å². The van der Waals surface area contributed by atoms with E-state index in [-0.39, 0.29) is 41.7 Å². The Kier molecular flexibility index (Phi) is 4.64. The van der Waals surface area contributed by atoms with E-state index in [0.29, 0.717) is 18.8 Å². The maximum atomic E-state index is 13.1. The van der Waals surface area contributed by atoms with E-state index in [2.05, 4.69) is 53.6 Å². The van der Waals surface area contributed by atoms with E-state index >= 15 is 0 Å². The number of hydrogen-bond donors (Lipinski definition) is 1. The van der Waals surface area contributed by atoms with Crippen molar-refractivity contribution in [1.82, 2.24) is 14.8 Å². The highest BCUT2D eigenvalue weighted by Crippen LogP contribution is 2.41. The first-order valence-corrected chi connectivity index (χ1v) is 11.5. The van der Waals surface area contributed by atoms with Crippen LogP contribution in [0.25, 0.3) is 0 Å². The van der Waals surface area contributed by atoms with Gasteiger partial charge in [0.2, 0.25) is 17.8 Å². The number of rotatable bonds is 3. The lowest BCUT2D eigenvalue weighted by molar-refractivity contribution is -0.122. The molecule has 0 saturated carbocycles. The Bertz CT molecular complexity index is 1220. The molecule has 0 spiro atoms. The molecular formula is C26H25N5O2. The van der Waals surface area contributed by atoms with Crippen molar-refractivity contribution in [1.29, 1.82) is 0 Å². The van der Waals surface area contributed by atoms with Crippen molar-refractivity contribution in [2.75, 3.05) is 10.2 Å². The smallest absolute Gasteiger partial charge is 0.260 e. The molecule has 3 aromatic rings. The molecule has 33 heavy (non-hydrogen) atoms. The number of nitrogens with zero attached hydrogens (tertiary/aromatic N) is 4. The Morgan fingerprint density at radius 3 is 2.21 bits per heavy atom. The minimum absolute atomic E-state index is 0.0390. The molecule has 2 aliphatic heterocycles. The van der Waals surface area contributed by atoms with E-state index in [1.165, 1.54) is 16.0 Å². The number of benzene rings is 2. The van der Waals surface area contributed by atoms with Crippen molar-refractivity contribution in [3.05, 3.63) is 83.4 Å². The third-order valence-electron chi connectivity index (χ3n) is 7.05. The highest BCUT2D eigenvalue weighted by molar-refractivity contribution is 6.21. The van der Waals surface area contributed by atoms with Crippen molar-refractivity contribution in [3.63, 3.8) is 0 Å². The Morgan fingerprint density at radius 1 is 0.879 bits per heavy atom. The monoisotopic (exact) mass is 439 g/mol. The summed E-state index contributed by atoms with van der Waals surface area (Å²) in [5.74, 6) is -0.244. The van der Waals surface area contributed by atoms with Gasteiger partial charge in [-0.25, -0.2) is 9.58 Å². The molecule has 1 saturated heterocycles. The highest BCUT2D eigenvalue weighted by Gasteiger charge is 2.49. The molecule has 166 valence electrons. The van der Waals surface area contributed by atoms with E-state index in [4.69, 9.17) is 5.10 Å². The molecule has 0 radical (unpaired) electrons. The van der Waals surface area contributed by atoms with E-state index in [0.717, 1.165) is 12.0 Å². The summed E-state index contributed by atoms with van der Waals surface area (Å²) in [6, 6.07) is 18.6. The zero-order chi connectivity index (χ0) is 22.5. The highest BCUT2D eigenvalue weighted by atomic mass is 16.2. The number of amides is 2. The second-order valence-corrected chi connectivity index (χ2v) is 9.12. The Balaban J connectivity index is 1.40. The quantitative estimate of drug-likeness (QED) is 0.489. The molecule has 3 heterocycles. The number of anilines is 2. The fourth-order valence-electron chi connectivity index (χ4n) is 5.23. The number of allylic oxidation sites excluding steroid dienone is 2. The second-order valence-electron chi connectivity index (χ2n) is 9.12. The number of carbonyl (C=O) groups is 2. The summed E-state index contributed by atoms with van der Waals surface area (Å²) in [4.78, 5) is 32.1. The van der Waals surface area contributed by atoms with Gasteiger partial charge in [0.15, 0.2) is 0 Å². The number of nitrogens with one attached hydrogen (secondary N) is 1. The summed E-state index contributed by atoms with van der Waals surface area (Å²) < 4.78 is 1.83. The predicted octanol–water partition coefficient (Wildman–Crippen LogP) is 4.19. The van der Waals surface area contributed by atoms with Crippen LogP contribution in [0.15, 0.2) is 66.7 Å². The lowest BCUT2D eigenvalue weighted by Crippen LogP contribution is -2.32. The molecule has 6 rings (SSSR count). The van der Waals surface area contributed by atoms with Gasteiger partial charge < -0.3 is 5.32 Å². The van der Waals surface area contributed by atoms with Gasteiger partial charge in [0.25, 0.3) is 5.95 Å². The molecular weight excluding hydrogens is 414 g/mol. The van der Waals surface area contributed by atoms with Gasteiger partial charge in [0, 0.05) is 0 Å². The van der Waals surface area contributed by atoms with Gasteiger partial charge in [-0.15, -0.1) is 5.10 Å². The van der Waals surface area contributed by atoms with Crippen molar-refractivity contribution in [2.45, 2.75) is 38.3 Å². The van der Waals surface area contributed by atoms with Crippen LogP contribution in [0.2, 0.25) is 0 Å². The van der Waals surface area contributed by atoms with E-state index < -0.39 is 0 Å². The molecule has 1 aliphatic carbocycles. The molecule has 2 aromatic carbocycles. The standard InChI is InChI=1S/C26H25N5O2/c1-16-11-13-17(14-12-16)21-15-22(18-7-3-2-4-8-18)31-25(27-21)28-26(29-31)30-23(32)19-9-5-6-10-20(19)24(30)33/h2-8,11-14,19-22H,9-10,15H2,1H3,(H,27,28,29)/t19-,20-,21+,22-/m0/s1. The molecule has 0 unspecified atom stereocenters. The molecule has 0 bridgehead atoms. The van der Waals surface area contributed by atoms with Crippen molar-refractivity contribution >= 4 is 23.7 Å². The largest absolute Gasteiger partial charge is 0.347 e. The molecule has 4 atom stereocenters. The topological polar surface area (TPSA) is 80.1 Å². The van der Waals surface area contributed by atoms with E-state index in [1.807, 2.05) is 35.0 Å². The Morgan fingerprint density at radius 2 is 1.55 bits per heavy atom. The first-order valence-electron chi connectivity index (χ1n) is 11.5. The summed E-state index contributed by atoms with van der Waals surface area (Å²) in [5.41, 5.74) is 3.50. The van der Waals surface area contributed by atoms with Gasteiger partial charge in [0.1, 0.15) is 0 Å². The Hall–Kier alpha value is -3.74. The lowest BCUT2D eigenvalue weighted by atomic mass is 9.85. The molecule has 2 amide bonds. The van der Waals surface area contributed by atoms with Gasteiger partial charge in [-0.2, -0.15) is 4.98 Å². The summed E-state index contributed by atoms with van der Waals surface area (Å²) in [6.45, 7) is 2.07. The summed E-state index contributed by atoms with van der Waals surface area (Å²) in [6.07, 6.45) is 5.95. The van der Waals surface area contributed by atoms with Gasteiger partial charge in [-0.05, 0) is 37.3 Å². The third kappa shape index (κ3) is 3.26. The van der Waals surface area contributed by atoms with Crippen molar-refractivity contribution in [2.24, 2.45) is 11.8 Å². The lowest BCUT2D eigenvalue weighted by Gasteiger charge is -2.31. The molecule has 1 aromatic heterocycles. The molecule has 1 N–H and O–H groups in total. The number of fused-ring (bicyclic) bond motifs is 2. The van der Waals surface area contributed by atoms with Crippen LogP contribution in [-0.2, 0) is 9.59 Å². The molecule has 3 aliphatic rings. The fraction of sp³-hybridized carbons (Fsp3) is 0.308. The SMILES string of the molecule is Cc1ccc([C@H]2C[C@@H](c3ccccc3)n3nc(N4C(=O)[C@H]5CC=CC[C@@H]5C4=O)nc3N2)cc1. The number of aromatic nitrogens is 3. The minimum atomic E-state index is -0.304. The van der Waals surface area contributed by atoms with Crippen LogP contribution in [0.3, 0.4) is 0 Å². The average Bonchev–Trinajstić information content (AvgIpc) is 3.38. The first kappa shape index (κ1) is 19.9. The fourth-order valence-corrected chi connectivity index (χ4v) is 5.23. The average molecular weight is 440 g/mol. The van der Waals surface area contributed by atoms with E-state index in [9.17, 15) is 9.59 Å². The summed E-state index contributed by atoms with van der Waals surface area (Å²) >= 11 is 0. The zero-order valence-electron chi connectivity index (χ0n) is 18.4. The van der Waals surface area contributed by atoms with Crippen LogP contribution in [0.4, 0.5) is 11.9 Å². The van der Waals surface area contributed by atoms with Crippen LogP contribution >= 0.6 is 0 Å². The Labute approximate surface area is 192 Å². The molecule has 7 nitrogen and oxygen atoms in total. The summed E-state index contributed by atoms with van der Waals surface area (Å²) in [7, 11) is 0. The number of aryl methyl sites for hydroxylation is 1. The normalized spacial score (nSPS) is 26.2. The number of carbonyl (C=O) groups excluding carboxylic acids is 2. The minimum Gasteiger partial charge on any atom is -0.347 e. The number of imide groups is 1. The van der Waals surface area contributed by atoms with Gasteiger partial charge >= 0.3 is 0 Å². The second kappa shape index (κ2) is 7.69. The van der Waals surface area contributed by atoms with Gasteiger partial charge in [-0.1, -0.05) is 72.3 Å². The maximum absolute atomic E-state index is 13.1. The van der Waals surface area contributed by atoms with Crippen LogP contribution in [0.5, 0.6) is 0 Å². The van der Waals surface area contributed by atoms with Crippen molar-refractivity contribution < 1.29 is 9.59 Å². The molecule has 7 heteroatoms. The molecule has 1 fully saturated rings. The van der Waals surface area contributed by atoms with Crippen LogP contribution in [-0.4, -0.2) is 26.6 Å². The number of hydrogen-bond acceptors (Lipinski definition) is 5. The third-order valence-corrected chi connectivity index (χ3v) is 7.05.